The zero-order chi connectivity index (χ0) is 15.7. The minimum absolute atomic E-state index is 0.0590. The van der Waals surface area contributed by atoms with Gasteiger partial charge in [-0.3, -0.25) is 9.69 Å². The van der Waals surface area contributed by atoms with Crippen molar-refractivity contribution in [1.29, 1.82) is 0 Å². The van der Waals surface area contributed by atoms with Crippen LogP contribution >= 0.6 is 0 Å². The van der Waals surface area contributed by atoms with Crippen LogP contribution in [0.4, 0.5) is 0 Å². The molecule has 2 saturated heterocycles. The van der Waals surface area contributed by atoms with Crippen molar-refractivity contribution in [3.63, 3.8) is 0 Å². The van der Waals surface area contributed by atoms with Crippen LogP contribution in [0.1, 0.15) is 36.8 Å². The van der Waals surface area contributed by atoms with Crippen molar-refractivity contribution < 1.29 is 17.7 Å². The monoisotopic (exact) mass is 327 g/mol. The van der Waals surface area contributed by atoms with Crippen molar-refractivity contribution >= 4 is 15.7 Å². The summed E-state index contributed by atoms with van der Waals surface area (Å²) in [7, 11) is -2.97. The summed E-state index contributed by atoms with van der Waals surface area (Å²) in [5.74, 6) is 0.905. The van der Waals surface area contributed by atoms with E-state index in [9.17, 15) is 13.2 Å². The molecule has 1 amide bonds. The number of carbonyl (C=O) groups is 1. The zero-order valence-electron chi connectivity index (χ0n) is 12.6. The molecule has 1 N–H and O–H groups in total. The molecule has 8 heteroatoms. The van der Waals surface area contributed by atoms with E-state index in [1.54, 1.807) is 0 Å². The Balaban J connectivity index is 1.56. The van der Waals surface area contributed by atoms with Gasteiger partial charge in [-0.2, -0.15) is 0 Å². The maximum Gasteiger partial charge on any atom is 0.234 e. The lowest BCUT2D eigenvalue weighted by Gasteiger charge is -2.22. The van der Waals surface area contributed by atoms with Crippen LogP contribution in [0.2, 0.25) is 0 Å². The van der Waals surface area contributed by atoms with Crippen LogP contribution in [0.5, 0.6) is 0 Å². The van der Waals surface area contributed by atoms with Crippen LogP contribution in [0.3, 0.4) is 0 Å². The number of nitrogens with one attached hydrogen (secondary N) is 1. The predicted molar refractivity (Wildman–Crippen MR) is 80.0 cm³/mol. The lowest BCUT2D eigenvalue weighted by atomic mass is 10.1. The minimum Gasteiger partial charge on any atom is -0.359 e. The fraction of sp³-hybridized carbons (Fsp3) is 0.714. The van der Waals surface area contributed by atoms with Gasteiger partial charge in [0.25, 0.3) is 0 Å². The molecule has 0 saturated carbocycles. The van der Waals surface area contributed by atoms with Crippen LogP contribution in [0.25, 0.3) is 0 Å². The molecule has 122 valence electrons. The number of amides is 1. The summed E-state index contributed by atoms with van der Waals surface area (Å²) in [5, 5.41) is 6.74. The van der Waals surface area contributed by atoms with Gasteiger partial charge >= 0.3 is 0 Å². The first-order valence-electron chi connectivity index (χ1n) is 7.60. The molecular formula is C14H21N3O4S. The molecule has 2 aliphatic rings. The second kappa shape index (κ2) is 6.00. The van der Waals surface area contributed by atoms with Crippen molar-refractivity contribution in [3.05, 3.63) is 17.5 Å². The van der Waals surface area contributed by atoms with Crippen molar-refractivity contribution in [2.24, 2.45) is 0 Å². The highest BCUT2D eigenvalue weighted by Crippen LogP contribution is 2.31. The van der Waals surface area contributed by atoms with Crippen LogP contribution in [0, 0.1) is 6.92 Å². The van der Waals surface area contributed by atoms with E-state index < -0.39 is 9.84 Å². The predicted octanol–water partition coefficient (Wildman–Crippen LogP) is 0.423. The molecule has 0 unspecified atom stereocenters. The summed E-state index contributed by atoms with van der Waals surface area (Å²) in [6.07, 6.45) is 2.47. The van der Waals surface area contributed by atoms with Gasteiger partial charge < -0.3 is 9.84 Å². The van der Waals surface area contributed by atoms with Gasteiger partial charge in [-0.25, -0.2) is 8.42 Å². The fourth-order valence-corrected chi connectivity index (χ4v) is 4.92. The molecule has 22 heavy (non-hydrogen) atoms. The summed E-state index contributed by atoms with van der Waals surface area (Å²) in [6.45, 7) is 2.97. The number of carbonyl (C=O) groups excluding carboxylic acids is 1. The SMILES string of the molecule is Cc1cc([C@H]2CCCN2CC(=O)N[C@@H]2CCS(=O)(=O)C2)on1. The number of aromatic nitrogens is 1. The molecule has 2 fully saturated rings. The molecule has 0 spiro atoms. The van der Waals surface area contributed by atoms with Gasteiger partial charge in [-0.15, -0.1) is 0 Å². The first kappa shape index (κ1) is 15.5. The van der Waals surface area contributed by atoms with E-state index in [0.717, 1.165) is 30.8 Å². The van der Waals surface area contributed by atoms with Crippen LogP contribution < -0.4 is 5.32 Å². The highest BCUT2D eigenvalue weighted by atomic mass is 32.2. The highest BCUT2D eigenvalue weighted by Gasteiger charge is 2.32. The Morgan fingerprint density at radius 1 is 1.50 bits per heavy atom. The van der Waals surface area contributed by atoms with Gasteiger partial charge in [0.2, 0.25) is 5.91 Å². The molecule has 1 aromatic heterocycles. The first-order chi connectivity index (χ1) is 10.4. The Morgan fingerprint density at radius 3 is 2.95 bits per heavy atom. The summed E-state index contributed by atoms with van der Waals surface area (Å²) in [5.41, 5.74) is 0.836. The zero-order valence-corrected chi connectivity index (χ0v) is 13.4. The second-order valence-electron chi connectivity index (χ2n) is 6.17. The Labute approximate surface area is 129 Å². The van der Waals surface area contributed by atoms with Gasteiger partial charge in [0, 0.05) is 12.1 Å². The standard InChI is InChI=1S/C14H21N3O4S/c1-10-7-13(21-16-10)12-3-2-5-17(12)8-14(18)15-11-4-6-22(19,20)9-11/h7,11-12H,2-6,8-9H2,1H3,(H,15,18)/t11-,12-/m1/s1. The largest absolute Gasteiger partial charge is 0.359 e. The third-order valence-electron chi connectivity index (χ3n) is 4.28. The Kier molecular flexibility index (Phi) is 4.22. The summed E-state index contributed by atoms with van der Waals surface area (Å²) in [4.78, 5) is 14.2. The molecule has 0 aliphatic carbocycles. The number of sulfone groups is 1. The third-order valence-corrected chi connectivity index (χ3v) is 6.05. The Hall–Kier alpha value is -1.41. The number of aryl methyl sites for hydroxylation is 1. The topological polar surface area (TPSA) is 92.5 Å². The maximum absolute atomic E-state index is 12.2. The maximum atomic E-state index is 12.2. The van der Waals surface area contributed by atoms with Crippen molar-refractivity contribution in [2.45, 2.75) is 38.3 Å². The second-order valence-corrected chi connectivity index (χ2v) is 8.40. The number of hydrogen-bond acceptors (Lipinski definition) is 6. The van der Waals surface area contributed by atoms with E-state index in [1.807, 2.05) is 13.0 Å². The van der Waals surface area contributed by atoms with E-state index in [-0.39, 0.29) is 36.0 Å². The quantitative estimate of drug-likeness (QED) is 0.862. The summed E-state index contributed by atoms with van der Waals surface area (Å²) >= 11 is 0. The van der Waals surface area contributed by atoms with Crippen LogP contribution in [0.15, 0.2) is 10.6 Å². The molecular weight excluding hydrogens is 306 g/mol. The molecule has 2 aliphatic heterocycles. The molecule has 2 atom stereocenters. The van der Waals surface area contributed by atoms with Gasteiger partial charge in [-0.05, 0) is 32.7 Å². The number of nitrogens with zero attached hydrogens (tertiary/aromatic N) is 2. The van der Waals surface area contributed by atoms with Crippen molar-refractivity contribution in [3.8, 4) is 0 Å². The lowest BCUT2D eigenvalue weighted by Crippen LogP contribution is -2.42. The summed E-state index contributed by atoms with van der Waals surface area (Å²) in [6, 6.07) is 1.75. The first-order valence-corrected chi connectivity index (χ1v) is 9.42. The van der Waals surface area contributed by atoms with Crippen LogP contribution in [-0.2, 0) is 14.6 Å². The highest BCUT2D eigenvalue weighted by molar-refractivity contribution is 7.91. The van der Waals surface area contributed by atoms with Gasteiger partial charge in [0.15, 0.2) is 15.6 Å². The van der Waals surface area contributed by atoms with Crippen LogP contribution in [-0.4, -0.2) is 55.0 Å². The normalized spacial score (nSPS) is 28.0. The van der Waals surface area contributed by atoms with Gasteiger partial charge in [0.1, 0.15) is 0 Å². The van der Waals surface area contributed by atoms with E-state index in [0.29, 0.717) is 6.42 Å². The van der Waals surface area contributed by atoms with Crippen molar-refractivity contribution in [2.75, 3.05) is 24.6 Å². The lowest BCUT2D eigenvalue weighted by molar-refractivity contribution is -0.123. The van der Waals surface area contributed by atoms with E-state index in [1.165, 1.54) is 0 Å². The van der Waals surface area contributed by atoms with Crippen molar-refractivity contribution in [1.82, 2.24) is 15.4 Å². The fourth-order valence-electron chi connectivity index (χ4n) is 3.24. The Bertz CT molecular complexity index is 655. The van der Waals surface area contributed by atoms with E-state index in [2.05, 4.69) is 15.4 Å². The molecule has 0 aromatic carbocycles. The third kappa shape index (κ3) is 3.49. The minimum atomic E-state index is -2.97. The number of hydrogen-bond donors (Lipinski definition) is 1. The number of likely N-dealkylation sites (tertiary alicyclic amines) is 1. The smallest absolute Gasteiger partial charge is 0.234 e. The summed E-state index contributed by atoms with van der Waals surface area (Å²) < 4.78 is 28.2. The van der Waals surface area contributed by atoms with E-state index >= 15 is 0 Å². The average Bonchev–Trinajstić information content (AvgIpc) is 3.11. The molecule has 3 heterocycles. The molecule has 0 radical (unpaired) electrons. The average molecular weight is 327 g/mol. The van der Waals surface area contributed by atoms with Gasteiger partial charge in [-0.1, -0.05) is 5.16 Å². The molecule has 1 aromatic rings. The molecule has 0 bridgehead atoms. The number of rotatable bonds is 4. The molecule has 3 rings (SSSR count). The van der Waals surface area contributed by atoms with Gasteiger partial charge in [0.05, 0.1) is 29.8 Å². The molecule has 7 nitrogen and oxygen atoms in total. The van der Waals surface area contributed by atoms with E-state index in [4.69, 9.17) is 4.52 Å². The Morgan fingerprint density at radius 2 is 2.32 bits per heavy atom.